The number of hydrogen-bond acceptors (Lipinski definition) is 5. The molecule has 0 radical (unpaired) electrons. The Morgan fingerprint density at radius 1 is 1.45 bits per heavy atom. The zero-order valence-electron chi connectivity index (χ0n) is 11.3. The topological polar surface area (TPSA) is 92.0 Å². The first-order valence-electron chi connectivity index (χ1n) is 6.55. The molecule has 1 amide bonds. The molecule has 1 aliphatic rings. The van der Waals surface area contributed by atoms with E-state index in [4.69, 9.17) is 14.3 Å². The molecule has 1 aromatic rings. The van der Waals surface area contributed by atoms with Crippen LogP contribution in [0.4, 0.5) is 0 Å². The number of carboxylic acid groups (broad SMARTS) is 1. The van der Waals surface area contributed by atoms with Crippen LogP contribution in [-0.4, -0.2) is 60.8 Å². The average Bonchev–Trinajstić information content (AvgIpc) is 2.95. The van der Waals surface area contributed by atoms with Crippen molar-refractivity contribution in [2.45, 2.75) is 13.0 Å². The van der Waals surface area contributed by atoms with Crippen molar-refractivity contribution in [1.82, 2.24) is 10.2 Å². The van der Waals surface area contributed by atoms with Crippen LogP contribution in [-0.2, 0) is 4.74 Å². The van der Waals surface area contributed by atoms with Crippen LogP contribution in [0.5, 0.6) is 0 Å². The largest absolute Gasteiger partial charge is 0.475 e. The Kier molecular flexibility index (Phi) is 4.75. The third kappa shape index (κ3) is 3.58. The van der Waals surface area contributed by atoms with Crippen LogP contribution in [0.3, 0.4) is 0 Å². The predicted molar refractivity (Wildman–Crippen MR) is 69.9 cm³/mol. The van der Waals surface area contributed by atoms with Crippen LogP contribution in [0.1, 0.15) is 28.0 Å². The smallest absolute Gasteiger partial charge is 0.371 e. The van der Waals surface area contributed by atoms with Gasteiger partial charge in [0.05, 0.1) is 12.7 Å². The summed E-state index contributed by atoms with van der Waals surface area (Å²) in [5.74, 6) is -1.89. The first kappa shape index (κ1) is 14.5. The van der Waals surface area contributed by atoms with Crippen molar-refractivity contribution >= 4 is 11.9 Å². The van der Waals surface area contributed by atoms with Crippen LogP contribution in [0.15, 0.2) is 16.5 Å². The third-order valence-corrected chi connectivity index (χ3v) is 3.20. The Labute approximate surface area is 116 Å². The zero-order valence-corrected chi connectivity index (χ0v) is 11.3. The molecule has 1 aromatic heterocycles. The predicted octanol–water partition coefficient (Wildman–Crippen LogP) is 0.428. The molecule has 110 valence electrons. The molecule has 0 saturated carbocycles. The Morgan fingerprint density at radius 3 is 2.85 bits per heavy atom. The molecule has 7 nitrogen and oxygen atoms in total. The Hall–Kier alpha value is -1.86. The summed E-state index contributed by atoms with van der Waals surface area (Å²) in [7, 11) is 0. The van der Waals surface area contributed by atoms with E-state index in [9.17, 15) is 9.59 Å². The first-order chi connectivity index (χ1) is 9.60. The number of carbonyl (C=O) groups is 2. The minimum Gasteiger partial charge on any atom is -0.475 e. The van der Waals surface area contributed by atoms with E-state index in [2.05, 4.69) is 17.1 Å². The first-order valence-corrected chi connectivity index (χ1v) is 6.55. The molecule has 1 atom stereocenters. The molecule has 0 bridgehead atoms. The summed E-state index contributed by atoms with van der Waals surface area (Å²) < 4.78 is 10.5. The maximum atomic E-state index is 11.8. The summed E-state index contributed by atoms with van der Waals surface area (Å²) in [5, 5.41) is 11.4. The maximum absolute atomic E-state index is 11.8. The van der Waals surface area contributed by atoms with Crippen molar-refractivity contribution in [2.24, 2.45) is 0 Å². The van der Waals surface area contributed by atoms with Crippen molar-refractivity contribution in [1.29, 1.82) is 0 Å². The number of carboxylic acids is 1. The van der Waals surface area contributed by atoms with Gasteiger partial charge in [-0.2, -0.15) is 0 Å². The molecule has 1 fully saturated rings. The molecule has 2 N–H and O–H groups in total. The van der Waals surface area contributed by atoms with Gasteiger partial charge in [-0.1, -0.05) is 6.92 Å². The minimum atomic E-state index is -1.20. The second-order valence-corrected chi connectivity index (χ2v) is 4.57. The quantitative estimate of drug-likeness (QED) is 0.813. The highest BCUT2D eigenvalue weighted by atomic mass is 16.5. The molecule has 2 rings (SSSR count). The average molecular weight is 282 g/mol. The van der Waals surface area contributed by atoms with Gasteiger partial charge in [-0.15, -0.1) is 0 Å². The van der Waals surface area contributed by atoms with Crippen LogP contribution < -0.4 is 5.32 Å². The van der Waals surface area contributed by atoms with Gasteiger partial charge in [-0.3, -0.25) is 9.69 Å². The van der Waals surface area contributed by atoms with Crippen molar-refractivity contribution < 1.29 is 23.8 Å². The lowest BCUT2D eigenvalue weighted by molar-refractivity contribution is -0.0246. The Bertz CT molecular complexity index is 485. The second kappa shape index (κ2) is 6.53. The van der Waals surface area contributed by atoms with Crippen molar-refractivity contribution in [3.63, 3.8) is 0 Å². The van der Waals surface area contributed by atoms with Crippen molar-refractivity contribution in [3.8, 4) is 0 Å². The van der Waals surface area contributed by atoms with Gasteiger partial charge in [-0.05, 0) is 18.7 Å². The van der Waals surface area contributed by atoms with Crippen LogP contribution in [0.2, 0.25) is 0 Å². The van der Waals surface area contributed by atoms with E-state index in [0.29, 0.717) is 13.2 Å². The van der Waals surface area contributed by atoms with Crippen molar-refractivity contribution in [2.75, 3.05) is 32.8 Å². The molecular weight excluding hydrogens is 264 g/mol. The molecule has 0 spiro atoms. The number of hydrogen-bond donors (Lipinski definition) is 2. The fourth-order valence-corrected chi connectivity index (χ4v) is 2.06. The summed E-state index contributed by atoms with van der Waals surface area (Å²) in [5.41, 5.74) is 0. The number of likely N-dealkylation sites (N-methyl/N-ethyl adjacent to an activating group) is 1. The highest BCUT2D eigenvalue weighted by Gasteiger charge is 2.21. The van der Waals surface area contributed by atoms with Gasteiger partial charge in [0.25, 0.3) is 5.91 Å². The van der Waals surface area contributed by atoms with E-state index < -0.39 is 11.9 Å². The number of carbonyl (C=O) groups excluding carboxylic acids is 1. The monoisotopic (exact) mass is 282 g/mol. The van der Waals surface area contributed by atoms with Gasteiger partial charge in [0.2, 0.25) is 5.76 Å². The number of rotatable bonds is 5. The van der Waals surface area contributed by atoms with Gasteiger partial charge in [0.1, 0.15) is 0 Å². The van der Waals surface area contributed by atoms with Gasteiger partial charge in [0.15, 0.2) is 5.76 Å². The van der Waals surface area contributed by atoms with Gasteiger partial charge < -0.3 is 19.6 Å². The SMILES string of the molecule is CCN1CCOC(CNC(=O)c2ccc(C(=O)O)o2)C1. The number of amides is 1. The number of furan rings is 1. The molecule has 1 unspecified atom stereocenters. The lowest BCUT2D eigenvalue weighted by Gasteiger charge is -2.32. The summed E-state index contributed by atoms with van der Waals surface area (Å²) >= 11 is 0. The number of nitrogens with zero attached hydrogens (tertiary/aromatic N) is 1. The molecule has 1 saturated heterocycles. The highest BCUT2D eigenvalue weighted by molar-refractivity contribution is 5.93. The maximum Gasteiger partial charge on any atom is 0.371 e. The number of ether oxygens (including phenoxy) is 1. The summed E-state index contributed by atoms with van der Waals surface area (Å²) in [4.78, 5) is 24.7. The number of morpholine rings is 1. The lowest BCUT2D eigenvalue weighted by atomic mass is 10.2. The molecule has 2 heterocycles. The molecule has 0 aromatic carbocycles. The summed E-state index contributed by atoms with van der Waals surface area (Å²) in [6, 6.07) is 2.60. The molecular formula is C13H18N2O5. The van der Waals surface area contributed by atoms with Crippen LogP contribution in [0, 0.1) is 0 Å². The van der Waals surface area contributed by atoms with Crippen molar-refractivity contribution in [3.05, 3.63) is 23.7 Å². The van der Waals surface area contributed by atoms with E-state index in [-0.39, 0.29) is 17.6 Å². The molecule has 1 aliphatic heterocycles. The Balaban J connectivity index is 1.83. The lowest BCUT2D eigenvalue weighted by Crippen LogP contribution is -2.47. The van der Waals surface area contributed by atoms with E-state index in [1.165, 1.54) is 12.1 Å². The minimum absolute atomic E-state index is 0.00874. The second-order valence-electron chi connectivity index (χ2n) is 4.57. The molecule has 20 heavy (non-hydrogen) atoms. The fourth-order valence-electron chi connectivity index (χ4n) is 2.06. The highest BCUT2D eigenvalue weighted by Crippen LogP contribution is 2.08. The van der Waals surface area contributed by atoms with Gasteiger partial charge in [0, 0.05) is 19.6 Å². The number of aromatic carboxylic acids is 1. The summed E-state index contributed by atoms with van der Waals surface area (Å²) in [6.45, 7) is 5.73. The fraction of sp³-hybridized carbons (Fsp3) is 0.538. The third-order valence-electron chi connectivity index (χ3n) is 3.20. The van der Waals surface area contributed by atoms with E-state index in [1.807, 2.05) is 0 Å². The summed E-state index contributed by atoms with van der Waals surface area (Å²) in [6.07, 6.45) is -0.0541. The van der Waals surface area contributed by atoms with Crippen LogP contribution in [0.25, 0.3) is 0 Å². The van der Waals surface area contributed by atoms with Gasteiger partial charge in [-0.25, -0.2) is 4.79 Å². The van der Waals surface area contributed by atoms with E-state index >= 15 is 0 Å². The standard InChI is InChI=1S/C13H18N2O5/c1-2-15-5-6-19-9(8-15)7-14-12(16)10-3-4-11(20-10)13(17)18/h3-4,9H,2,5-8H2,1H3,(H,14,16)(H,17,18). The molecule has 7 heteroatoms. The zero-order chi connectivity index (χ0) is 14.5. The van der Waals surface area contributed by atoms with Gasteiger partial charge >= 0.3 is 5.97 Å². The number of nitrogens with one attached hydrogen (secondary N) is 1. The molecule has 0 aliphatic carbocycles. The Morgan fingerprint density at radius 2 is 2.20 bits per heavy atom. The van der Waals surface area contributed by atoms with E-state index in [1.54, 1.807) is 0 Å². The normalized spacial score (nSPS) is 19.8. The van der Waals surface area contributed by atoms with E-state index in [0.717, 1.165) is 19.6 Å². The van der Waals surface area contributed by atoms with Crippen LogP contribution >= 0.6 is 0 Å².